The normalized spacial score (nSPS) is 11.3. The molecule has 0 bridgehead atoms. The van der Waals surface area contributed by atoms with Crippen molar-refractivity contribution in [1.82, 2.24) is 29.5 Å². The molecule has 9 heteroatoms. The van der Waals surface area contributed by atoms with Crippen LogP contribution in [0.15, 0.2) is 102 Å². The van der Waals surface area contributed by atoms with E-state index in [1.165, 1.54) is 4.52 Å². The van der Waals surface area contributed by atoms with Gasteiger partial charge in [0.05, 0.1) is 11.4 Å². The van der Waals surface area contributed by atoms with Gasteiger partial charge in [0.25, 0.3) is 11.5 Å². The summed E-state index contributed by atoms with van der Waals surface area (Å²) < 4.78 is 3.01. The zero-order chi connectivity index (χ0) is 27.6. The van der Waals surface area contributed by atoms with Gasteiger partial charge in [-0.1, -0.05) is 49.6 Å². The molecule has 6 rings (SSSR count). The van der Waals surface area contributed by atoms with E-state index in [1.807, 2.05) is 73.7 Å². The zero-order valence-electron chi connectivity index (χ0n) is 21.4. The Balaban J connectivity index is 0.00000337. The van der Waals surface area contributed by atoms with Gasteiger partial charge in [-0.05, 0) is 60.8 Å². The molecule has 0 spiro atoms. The van der Waals surface area contributed by atoms with E-state index in [0.29, 0.717) is 33.4 Å². The van der Waals surface area contributed by atoms with Crippen LogP contribution in [0.2, 0.25) is 0 Å². The molecule has 1 amide bonds. The maximum atomic E-state index is 14.2. The van der Waals surface area contributed by atoms with Crippen molar-refractivity contribution >= 4 is 28.1 Å². The highest BCUT2D eigenvalue weighted by molar-refractivity contribution is 5.98. The number of hydrogen-bond donors (Lipinski definition) is 2. The third kappa shape index (κ3) is 5.02. The number of nitrogens with two attached hydrogens (primary N) is 1. The van der Waals surface area contributed by atoms with Crippen molar-refractivity contribution in [2.45, 2.75) is 20.4 Å². The van der Waals surface area contributed by atoms with Crippen LogP contribution in [0, 0.1) is 11.8 Å². The molecule has 0 aliphatic carbocycles. The van der Waals surface area contributed by atoms with Crippen LogP contribution < -0.4 is 16.6 Å². The van der Waals surface area contributed by atoms with Crippen LogP contribution >= 0.6 is 0 Å². The van der Waals surface area contributed by atoms with Crippen LogP contribution in [0.3, 0.4) is 0 Å². The van der Waals surface area contributed by atoms with Crippen LogP contribution in [0.25, 0.3) is 22.1 Å². The van der Waals surface area contributed by atoms with Crippen molar-refractivity contribution in [2.24, 2.45) is 0 Å². The first kappa shape index (κ1) is 26.8. The lowest BCUT2D eigenvalue weighted by molar-refractivity contribution is 0.0932. The van der Waals surface area contributed by atoms with Gasteiger partial charge in [-0.25, -0.2) is 9.50 Å². The van der Waals surface area contributed by atoms with E-state index in [2.05, 4.69) is 32.2 Å². The summed E-state index contributed by atoms with van der Waals surface area (Å²) in [6.45, 7) is 1.82. The molecule has 4 aromatic heterocycles. The number of hydrogen-bond acceptors (Lipinski definition) is 6. The molecule has 3 N–H and O–H groups in total. The maximum Gasteiger partial charge on any atom is 0.274 e. The third-order valence-electron chi connectivity index (χ3n) is 6.54. The van der Waals surface area contributed by atoms with E-state index < -0.39 is 11.9 Å². The molecule has 1 atom stereocenters. The number of nitrogens with one attached hydrogen (secondary N) is 1. The Labute approximate surface area is 236 Å². The number of pyridine rings is 2. The Kier molecular flexibility index (Phi) is 7.31. The van der Waals surface area contributed by atoms with Crippen molar-refractivity contribution in [1.29, 1.82) is 0 Å². The smallest absolute Gasteiger partial charge is 0.274 e. The van der Waals surface area contributed by atoms with E-state index in [9.17, 15) is 9.59 Å². The molecule has 2 aromatic carbocycles. The van der Waals surface area contributed by atoms with Crippen molar-refractivity contribution in [2.75, 3.05) is 5.73 Å². The molecule has 0 aliphatic heterocycles. The average Bonchev–Trinajstić information content (AvgIpc) is 3.32. The predicted molar refractivity (Wildman–Crippen MR) is 160 cm³/mol. The zero-order valence-corrected chi connectivity index (χ0v) is 21.4. The minimum Gasteiger partial charge on any atom is -0.382 e. The van der Waals surface area contributed by atoms with Crippen LogP contribution in [-0.4, -0.2) is 30.1 Å². The van der Waals surface area contributed by atoms with E-state index in [0.717, 1.165) is 5.56 Å². The second kappa shape index (κ2) is 11.2. The average molecular weight is 542 g/mol. The van der Waals surface area contributed by atoms with Gasteiger partial charge in [-0.15, -0.1) is 0 Å². The summed E-state index contributed by atoms with van der Waals surface area (Å²) in [5.74, 6) is 5.88. The first-order valence-electron chi connectivity index (χ1n) is 12.6. The fraction of sp³-hybridized carbons (Fsp3) is 0.0938. The second-order valence-corrected chi connectivity index (χ2v) is 9.14. The summed E-state index contributed by atoms with van der Waals surface area (Å²) in [6.07, 6.45) is 4.90. The fourth-order valence-corrected chi connectivity index (χ4v) is 4.68. The molecule has 202 valence electrons. The molecule has 0 unspecified atom stereocenters. The number of rotatable bonds is 4. The van der Waals surface area contributed by atoms with Crippen LogP contribution in [0.4, 0.5) is 5.82 Å². The lowest BCUT2D eigenvalue weighted by atomic mass is 10.0. The summed E-state index contributed by atoms with van der Waals surface area (Å²) in [6, 6.07) is 23.3. The summed E-state index contributed by atoms with van der Waals surface area (Å²) >= 11 is 0. The number of imidazole rings is 1. The molecule has 41 heavy (non-hydrogen) atoms. The Morgan fingerprint density at radius 3 is 2.51 bits per heavy atom. The molecular weight excluding hydrogens is 514 g/mol. The Hall–Kier alpha value is -5.75. The highest BCUT2D eigenvalue weighted by Crippen LogP contribution is 2.24. The van der Waals surface area contributed by atoms with E-state index in [4.69, 9.17) is 5.73 Å². The topological polar surface area (TPSA) is 120 Å². The first-order valence-corrected chi connectivity index (χ1v) is 12.6. The number of anilines is 1. The summed E-state index contributed by atoms with van der Waals surface area (Å²) in [5, 5.41) is 8.40. The molecule has 9 nitrogen and oxygen atoms in total. The number of nitrogens with zero attached hydrogens (tertiary/aromatic N) is 5. The number of carbonyl (C=O) groups excluding carboxylic acids is 1. The van der Waals surface area contributed by atoms with E-state index in [-0.39, 0.29) is 24.5 Å². The van der Waals surface area contributed by atoms with Gasteiger partial charge in [-0.2, -0.15) is 5.10 Å². The number of fused-ring (bicyclic) bond motifs is 2. The molecule has 0 radical (unpaired) electrons. The van der Waals surface area contributed by atoms with Crippen molar-refractivity contribution in [3.05, 3.63) is 130 Å². The van der Waals surface area contributed by atoms with Crippen molar-refractivity contribution < 1.29 is 4.79 Å². The molecule has 0 aliphatic rings. The second-order valence-electron chi connectivity index (χ2n) is 9.14. The number of para-hydroxylation sites is 1. The lowest BCUT2D eigenvalue weighted by Crippen LogP contribution is -2.33. The molecule has 0 saturated carbocycles. The maximum absolute atomic E-state index is 14.2. The Bertz CT molecular complexity index is 2000. The van der Waals surface area contributed by atoms with Crippen LogP contribution in [-0.2, 0) is 0 Å². The van der Waals surface area contributed by atoms with E-state index >= 15 is 0 Å². The minimum atomic E-state index is -0.579. The standard InChI is InChI=1S/C31H23N7O2.CH4/c1-20(35-30(39)28-29(32)36-26-11-6-16-34-38(26)28)25-19-23-8-5-7-22(13-12-21-14-17-33-18-15-21)27(23)31(40)37(25)24-9-3-2-4-10-24;/h2-11,14-20H,32H2,1H3,(H,35,39);1H4/t20-;/m0./s1. The van der Waals surface area contributed by atoms with Gasteiger partial charge in [0.15, 0.2) is 17.2 Å². The lowest BCUT2D eigenvalue weighted by Gasteiger charge is -2.21. The van der Waals surface area contributed by atoms with E-state index in [1.54, 1.807) is 35.3 Å². The molecule has 4 heterocycles. The SMILES string of the molecule is C.C[C@H](NC(=O)c1c(N)nc2cccnn12)c1cc2cccc(C#Cc3ccncc3)c2c(=O)n1-c1ccccc1. The number of amides is 1. The number of carbonyl (C=O) groups is 1. The summed E-state index contributed by atoms with van der Waals surface area (Å²) in [5.41, 5.74) is 9.09. The van der Waals surface area contributed by atoms with Crippen LogP contribution in [0.5, 0.6) is 0 Å². The summed E-state index contributed by atoms with van der Waals surface area (Å²) in [7, 11) is 0. The highest BCUT2D eigenvalue weighted by Gasteiger charge is 2.23. The quantitative estimate of drug-likeness (QED) is 0.316. The predicted octanol–water partition coefficient (Wildman–Crippen LogP) is 4.54. The van der Waals surface area contributed by atoms with Gasteiger partial charge in [0.2, 0.25) is 0 Å². The molecule has 6 aromatic rings. The third-order valence-corrected chi connectivity index (χ3v) is 6.54. The number of nitrogen functional groups attached to an aromatic ring is 1. The Morgan fingerprint density at radius 1 is 0.951 bits per heavy atom. The monoisotopic (exact) mass is 541 g/mol. The highest BCUT2D eigenvalue weighted by atomic mass is 16.2. The molecule has 0 saturated heterocycles. The minimum absolute atomic E-state index is 0. The van der Waals surface area contributed by atoms with Crippen molar-refractivity contribution in [3.63, 3.8) is 0 Å². The first-order chi connectivity index (χ1) is 19.5. The molecular formula is C32H27N7O2. The van der Waals surface area contributed by atoms with Gasteiger partial charge >= 0.3 is 0 Å². The summed E-state index contributed by atoms with van der Waals surface area (Å²) in [4.78, 5) is 35.8. The fourth-order valence-electron chi connectivity index (χ4n) is 4.68. The van der Waals surface area contributed by atoms with Gasteiger partial charge in [-0.3, -0.25) is 19.1 Å². The van der Waals surface area contributed by atoms with Crippen LogP contribution in [0.1, 0.15) is 47.7 Å². The largest absolute Gasteiger partial charge is 0.382 e. The molecule has 0 fully saturated rings. The number of aromatic nitrogens is 5. The Morgan fingerprint density at radius 2 is 1.73 bits per heavy atom. The van der Waals surface area contributed by atoms with Gasteiger partial charge in [0, 0.05) is 41.1 Å². The van der Waals surface area contributed by atoms with Crippen molar-refractivity contribution in [3.8, 4) is 17.5 Å². The van der Waals surface area contributed by atoms with Gasteiger partial charge in [0.1, 0.15) is 0 Å². The number of benzene rings is 2. The van der Waals surface area contributed by atoms with Gasteiger partial charge < -0.3 is 11.1 Å².